The van der Waals surface area contributed by atoms with Crippen molar-refractivity contribution in [3.8, 4) is 5.75 Å². The van der Waals surface area contributed by atoms with Crippen LogP contribution in [0.5, 0.6) is 5.75 Å². The van der Waals surface area contributed by atoms with Crippen LogP contribution in [0.1, 0.15) is 90.7 Å². The second-order valence-electron chi connectivity index (χ2n) is 14.2. The van der Waals surface area contributed by atoms with E-state index in [-0.39, 0.29) is 31.0 Å². The van der Waals surface area contributed by atoms with Gasteiger partial charge >= 0.3 is 19.4 Å². The zero-order valence-electron chi connectivity index (χ0n) is 34.4. The van der Waals surface area contributed by atoms with Gasteiger partial charge in [-0.2, -0.15) is 0 Å². The summed E-state index contributed by atoms with van der Waals surface area (Å²) >= 11 is 0. The molecule has 6 atom stereocenters. The van der Waals surface area contributed by atoms with Crippen LogP contribution in [-0.2, 0) is 23.4 Å². The first-order valence-electron chi connectivity index (χ1n) is 20.4. The van der Waals surface area contributed by atoms with E-state index >= 15 is 4.39 Å². The smallest absolute Gasteiger partial charge is 0.458 e. The van der Waals surface area contributed by atoms with E-state index in [9.17, 15) is 34.0 Å². The number of nitrogens with one attached hydrogen (secondary N) is 3. The molecule has 1 fully saturated rings. The SMILES string of the molecule is CC/C=C\C/C=C\C/C=C\C/C=C\C/C=C\C/C=C\CCC(=O)NC(CCCCNP(=O)(OC[C@H]1O[C@@H](n2ccc(=O)[nH]c2=O)[C@](C)(F)[C@@H]1O)Oc1ccccc1)C(=O)O. The molecule has 5 N–H and O–H groups in total. The molecule has 2 aromatic rings. The fourth-order valence-electron chi connectivity index (χ4n) is 5.93. The Bertz CT molecular complexity index is 1960. The molecule has 2 heterocycles. The predicted octanol–water partition coefficient (Wildman–Crippen LogP) is 7.53. The van der Waals surface area contributed by atoms with Gasteiger partial charge in [0.05, 0.1) is 6.61 Å². The van der Waals surface area contributed by atoms with Crippen LogP contribution in [0.25, 0.3) is 0 Å². The van der Waals surface area contributed by atoms with E-state index in [4.69, 9.17) is 13.8 Å². The number of alkyl halides is 1. The maximum Gasteiger partial charge on any atom is 0.458 e. The highest BCUT2D eigenvalue weighted by molar-refractivity contribution is 7.52. The first-order chi connectivity index (χ1) is 28.9. The van der Waals surface area contributed by atoms with E-state index in [1.165, 1.54) is 12.1 Å². The van der Waals surface area contributed by atoms with Crippen LogP contribution in [0, 0.1) is 0 Å². The number of hydrogen-bond acceptors (Lipinski definition) is 9. The number of aliphatic carboxylic acids is 1. The van der Waals surface area contributed by atoms with E-state index < -0.39 is 61.7 Å². The van der Waals surface area contributed by atoms with Gasteiger partial charge in [0.1, 0.15) is 24.0 Å². The molecule has 14 nitrogen and oxygen atoms in total. The number of amides is 1. The summed E-state index contributed by atoms with van der Waals surface area (Å²) in [7, 11) is -4.20. The monoisotopic (exact) mass is 854 g/mol. The lowest BCUT2D eigenvalue weighted by molar-refractivity contribution is -0.142. The molecule has 1 amide bonds. The van der Waals surface area contributed by atoms with E-state index in [0.717, 1.165) is 62.3 Å². The van der Waals surface area contributed by atoms with Crippen LogP contribution in [-0.4, -0.2) is 68.7 Å². The van der Waals surface area contributed by atoms with Gasteiger partial charge in [0.2, 0.25) is 5.91 Å². The van der Waals surface area contributed by atoms with Crippen molar-refractivity contribution in [2.45, 2.75) is 115 Å². The average molecular weight is 855 g/mol. The molecule has 0 spiro atoms. The summed E-state index contributed by atoms with van der Waals surface area (Å²) in [6.45, 7) is 2.58. The third kappa shape index (κ3) is 18.1. The van der Waals surface area contributed by atoms with E-state index in [2.05, 4.69) is 78.1 Å². The fourth-order valence-corrected chi connectivity index (χ4v) is 7.31. The molecule has 0 radical (unpaired) electrons. The summed E-state index contributed by atoms with van der Waals surface area (Å²) in [6, 6.07) is 7.98. The molecule has 1 aliphatic heterocycles. The second-order valence-corrected chi connectivity index (χ2v) is 15.9. The lowest BCUT2D eigenvalue weighted by Crippen LogP contribution is -2.43. The number of aromatic amines is 1. The molecule has 328 valence electrons. The summed E-state index contributed by atoms with van der Waals surface area (Å²) in [4.78, 5) is 50.2. The van der Waals surface area contributed by atoms with Crippen molar-refractivity contribution in [1.82, 2.24) is 20.0 Å². The zero-order chi connectivity index (χ0) is 43.6. The fraction of sp³-hybridized carbons (Fsp3) is 0.455. The minimum absolute atomic E-state index is 0.0391. The number of aliphatic hydroxyl groups excluding tert-OH is 1. The number of carboxylic acid groups (broad SMARTS) is 1. The molecule has 0 saturated carbocycles. The normalized spacial score (nSPS) is 21.2. The van der Waals surface area contributed by atoms with Crippen molar-refractivity contribution in [2.24, 2.45) is 0 Å². The molecule has 16 heteroatoms. The first-order valence-corrected chi connectivity index (χ1v) is 21.9. The Morgan fingerprint density at radius 1 is 0.933 bits per heavy atom. The van der Waals surface area contributed by atoms with E-state index in [1.807, 2.05) is 17.1 Å². The van der Waals surface area contributed by atoms with Gasteiger partial charge in [-0.1, -0.05) is 98.0 Å². The largest absolute Gasteiger partial charge is 0.480 e. The van der Waals surface area contributed by atoms with E-state index in [1.54, 1.807) is 18.2 Å². The molecule has 3 rings (SSSR count). The number of aromatic nitrogens is 2. The Morgan fingerprint density at radius 3 is 2.08 bits per heavy atom. The minimum atomic E-state index is -4.20. The topological polar surface area (TPSA) is 198 Å². The van der Waals surface area contributed by atoms with Crippen molar-refractivity contribution >= 4 is 19.6 Å². The number of carbonyl (C=O) groups excluding carboxylic acids is 1. The first kappa shape index (κ1) is 49.4. The van der Waals surface area contributed by atoms with Gasteiger partial charge in [-0.15, -0.1) is 0 Å². The highest BCUT2D eigenvalue weighted by Gasteiger charge is 2.55. The number of carboxylic acids is 1. The van der Waals surface area contributed by atoms with Crippen LogP contribution in [0.2, 0.25) is 0 Å². The molecule has 1 aliphatic rings. The van der Waals surface area contributed by atoms with Gasteiger partial charge < -0.3 is 24.8 Å². The van der Waals surface area contributed by atoms with Crippen LogP contribution < -0.4 is 26.2 Å². The number of hydrogen-bond donors (Lipinski definition) is 5. The third-order valence-electron chi connectivity index (χ3n) is 9.19. The number of carbonyl (C=O) groups is 2. The standard InChI is InChI=1S/C44H60FN4O10P/c1-3-4-5-6-7-8-9-10-11-12-13-14-15-16-17-18-19-20-24-30-38(50)47-36(41(53)54)29-25-26-32-46-60(56,59-35-27-22-21-23-28-35)57-34-37-40(52)44(2,45)42(58-37)49-33-31-39(51)48-43(49)55/h4-5,7-8,10-11,13-14,16-17,19-23,27-28,31,33,36-37,40,42,52H,3,6,9,12,15,18,24-26,29-30,32,34H2,1-2H3,(H,46,56)(H,47,50)(H,53,54)(H,48,51,55)/b5-4-,8-7-,11-10-,14-13-,17-16-,20-19-/t36?,37-,40-,42-,44-,60?/m1/s1. The summed E-state index contributed by atoms with van der Waals surface area (Å²) in [6.07, 6.45) is 28.2. The Hall–Kier alpha value is -4.92. The van der Waals surface area contributed by atoms with Gasteiger partial charge in [-0.25, -0.2) is 23.6 Å². The third-order valence-corrected chi connectivity index (χ3v) is 10.7. The summed E-state index contributed by atoms with van der Waals surface area (Å²) in [5.41, 5.74) is -4.15. The van der Waals surface area contributed by atoms with Gasteiger partial charge in [0.25, 0.3) is 5.56 Å². The number of unbranched alkanes of at least 4 members (excludes halogenated alkanes) is 1. The lowest BCUT2D eigenvalue weighted by Gasteiger charge is -2.24. The van der Waals surface area contributed by atoms with Crippen molar-refractivity contribution < 1.29 is 42.5 Å². The maximum absolute atomic E-state index is 15.7. The molecule has 1 saturated heterocycles. The van der Waals surface area contributed by atoms with Gasteiger partial charge in [0, 0.05) is 25.2 Å². The maximum atomic E-state index is 15.7. The van der Waals surface area contributed by atoms with Gasteiger partial charge in [-0.05, 0) is 83.3 Å². The highest BCUT2D eigenvalue weighted by atomic mass is 31.2. The molecule has 1 aromatic carbocycles. The van der Waals surface area contributed by atoms with Crippen molar-refractivity contribution in [3.05, 3.63) is 136 Å². The molecule has 60 heavy (non-hydrogen) atoms. The Labute approximate surface area is 351 Å². The van der Waals surface area contributed by atoms with E-state index in [0.29, 0.717) is 19.3 Å². The average Bonchev–Trinajstić information content (AvgIpc) is 3.44. The molecule has 2 unspecified atom stereocenters. The Balaban J connectivity index is 1.38. The number of para-hydroxylation sites is 1. The van der Waals surface area contributed by atoms with Crippen LogP contribution in [0.3, 0.4) is 0 Å². The quantitative estimate of drug-likeness (QED) is 0.0322. The van der Waals surface area contributed by atoms with Crippen LogP contribution >= 0.6 is 7.75 Å². The summed E-state index contributed by atoms with van der Waals surface area (Å²) in [5, 5.41) is 25.7. The molecular formula is C44H60FN4O10P. The molecule has 0 bridgehead atoms. The molecular weight excluding hydrogens is 794 g/mol. The van der Waals surface area contributed by atoms with Crippen molar-refractivity contribution in [3.63, 3.8) is 0 Å². The number of ether oxygens (including phenoxy) is 1. The predicted molar refractivity (Wildman–Crippen MR) is 230 cm³/mol. The van der Waals surface area contributed by atoms with Crippen molar-refractivity contribution in [2.75, 3.05) is 13.2 Å². The number of halogens is 1. The molecule has 1 aromatic heterocycles. The van der Waals surface area contributed by atoms with Gasteiger partial charge in [-0.3, -0.25) is 23.7 Å². The highest BCUT2D eigenvalue weighted by Crippen LogP contribution is 2.47. The van der Waals surface area contributed by atoms with Gasteiger partial charge in [0.15, 0.2) is 11.9 Å². The number of allylic oxidation sites excluding steroid dienone is 12. The number of rotatable bonds is 28. The number of aliphatic hydroxyl groups is 1. The lowest BCUT2D eigenvalue weighted by atomic mass is 9.98. The van der Waals surface area contributed by atoms with Crippen LogP contribution in [0.15, 0.2) is 125 Å². The zero-order valence-corrected chi connectivity index (χ0v) is 35.3. The Kier molecular flexibility index (Phi) is 22.3. The Morgan fingerprint density at radius 2 is 1.52 bits per heavy atom. The number of H-pyrrole nitrogens is 1. The van der Waals surface area contributed by atoms with Crippen LogP contribution in [0.4, 0.5) is 4.39 Å². The minimum Gasteiger partial charge on any atom is -0.480 e. The number of nitrogens with zero attached hydrogens (tertiary/aromatic N) is 1. The number of benzene rings is 1. The molecule has 0 aliphatic carbocycles. The summed E-state index contributed by atoms with van der Waals surface area (Å²) in [5.74, 6) is -1.38. The summed E-state index contributed by atoms with van der Waals surface area (Å²) < 4.78 is 47.2. The second kappa shape index (κ2) is 27.0. The van der Waals surface area contributed by atoms with Crippen molar-refractivity contribution in [1.29, 1.82) is 0 Å².